The number of nitrogens with zero attached hydrogens (tertiary/aromatic N) is 1. The van der Waals surface area contributed by atoms with Gasteiger partial charge in [-0.25, -0.2) is 4.39 Å². The number of fused-ring (bicyclic) bond motifs is 3. The van der Waals surface area contributed by atoms with Crippen LogP contribution in [0.4, 0.5) is 4.39 Å². The quantitative estimate of drug-likeness (QED) is 0.704. The number of halogens is 1. The molecule has 0 saturated heterocycles. The molecular formula is C15H17FN. The molecule has 0 unspecified atom stereocenters. The van der Waals surface area contributed by atoms with Crippen molar-refractivity contribution in [2.45, 2.75) is 25.7 Å². The predicted octanol–water partition coefficient (Wildman–Crippen LogP) is 3.65. The van der Waals surface area contributed by atoms with Crippen LogP contribution in [0.3, 0.4) is 0 Å². The molecule has 17 heavy (non-hydrogen) atoms. The minimum Gasteiger partial charge on any atom is -0.347 e. The number of hydrogen-bond acceptors (Lipinski definition) is 0. The average molecular weight is 230 g/mol. The minimum absolute atomic E-state index is 0.136. The van der Waals surface area contributed by atoms with Gasteiger partial charge in [0.15, 0.2) is 0 Å². The van der Waals surface area contributed by atoms with Gasteiger partial charge >= 0.3 is 0 Å². The molecule has 3 rings (SSSR count). The van der Waals surface area contributed by atoms with Gasteiger partial charge in [0.05, 0.1) is 0 Å². The molecule has 2 heteroatoms. The zero-order chi connectivity index (χ0) is 12.0. The van der Waals surface area contributed by atoms with Crippen molar-refractivity contribution in [1.82, 2.24) is 4.57 Å². The molecule has 89 valence electrons. The van der Waals surface area contributed by atoms with Crippen LogP contribution in [0.25, 0.3) is 10.9 Å². The van der Waals surface area contributed by atoms with Gasteiger partial charge in [-0.3, -0.25) is 0 Å². The first-order chi connectivity index (χ1) is 8.20. The molecule has 1 aliphatic rings. The van der Waals surface area contributed by atoms with E-state index in [2.05, 4.69) is 18.5 Å². The molecule has 1 aliphatic carbocycles. The summed E-state index contributed by atoms with van der Waals surface area (Å²) in [5.74, 6) is 0.527. The third-order valence-electron chi connectivity index (χ3n) is 4.09. The van der Waals surface area contributed by atoms with Crippen molar-refractivity contribution in [3.05, 3.63) is 42.2 Å². The maximum atomic E-state index is 13.4. The summed E-state index contributed by atoms with van der Waals surface area (Å²) in [6.07, 6.45) is 4.34. The standard InChI is InChI=1S/C15H17FN/c1-3-10-4-6-14-12(8-10)13-9-11(16)5-7-15(13)17(14)2/h5,7,9-10H,1,3-4,6,8H2,2H3/t10-/m0/s1. The maximum Gasteiger partial charge on any atom is 0.123 e. The van der Waals surface area contributed by atoms with Crippen molar-refractivity contribution in [3.8, 4) is 0 Å². The van der Waals surface area contributed by atoms with E-state index in [4.69, 9.17) is 0 Å². The fourth-order valence-corrected chi connectivity index (χ4v) is 3.07. The Balaban J connectivity index is 2.23. The molecule has 0 N–H and O–H groups in total. The van der Waals surface area contributed by atoms with Crippen LogP contribution in [0.1, 0.15) is 24.1 Å². The Labute approximate surface area is 101 Å². The van der Waals surface area contributed by atoms with E-state index in [1.165, 1.54) is 17.7 Å². The van der Waals surface area contributed by atoms with Gasteiger partial charge in [-0.2, -0.15) is 0 Å². The number of hydrogen-bond donors (Lipinski definition) is 0. The molecule has 0 aliphatic heterocycles. The fraction of sp³-hybridized carbons (Fsp3) is 0.400. The Hall–Kier alpha value is -1.31. The second-order valence-electron chi connectivity index (χ2n) is 5.04. The first kappa shape index (κ1) is 10.8. The van der Waals surface area contributed by atoms with E-state index in [0.717, 1.165) is 30.2 Å². The molecule has 1 heterocycles. The molecule has 1 radical (unpaired) electrons. The second kappa shape index (κ2) is 3.86. The first-order valence-electron chi connectivity index (χ1n) is 6.25. The van der Waals surface area contributed by atoms with Crippen molar-refractivity contribution in [3.63, 3.8) is 0 Å². The Bertz CT molecular complexity index is 568. The SMILES string of the molecule is [CH2]C[C@H]1CCc2c(c3cc(F)ccc3n2C)C1. The monoisotopic (exact) mass is 230 g/mol. The van der Waals surface area contributed by atoms with E-state index in [1.54, 1.807) is 12.1 Å². The highest BCUT2D eigenvalue weighted by Crippen LogP contribution is 2.34. The Morgan fingerprint density at radius 3 is 3.06 bits per heavy atom. The van der Waals surface area contributed by atoms with Crippen LogP contribution in [0, 0.1) is 18.7 Å². The molecule has 0 saturated carbocycles. The van der Waals surface area contributed by atoms with Gasteiger partial charge in [0.2, 0.25) is 0 Å². The van der Waals surface area contributed by atoms with Crippen LogP contribution < -0.4 is 0 Å². The van der Waals surface area contributed by atoms with E-state index in [-0.39, 0.29) is 5.82 Å². The van der Waals surface area contributed by atoms with E-state index in [0.29, 0.717) is 5.92 Å². The zero-order valence-corrected chi connectivity index (χ0v) is 10.2. The topological polar surface area (TPSA) is 4.93 Å². The minimum atomic E-state index is -0.136. The fourth-order valence-electron chi connectivity index (χ4n) is 3.07. The first-order valence-corrected chi connectivity index (χ1v) is 6.25. The Morgan fingerprint density at radius 1 is 1.47 bits per heavy atom. The van der Waals surface area contributed by atoms with Gasteiger partial charge in [0.25, 0.3) is 0 Å². The molecular weight excluding hydrogens is 213 g/mol. The number of rotatable bonds is 1. The van der Waals surface area contributed by atoms with Crippen molar-refractivity contribution in [2.75, 3.05) is 0 Å². The number of benzene rings is 1. The summed E-state index contributed by atoms with van der Waals surface area (Å²) in [4.78, 5) is 0. The molecule has 0 spiro atoms. The van der Waals surface area contributed by atoms with Crippen LogP contribution in [-0.2, 0) is 19.9 Å². The number of aromatic nitrogens is 1. The average Bonchev–Trinajstić information content (AvgIpc) is 2.62. The highest BCUT2D eigenvalue weighted by Gasteiger charge is 2.23. The third-order valence-corrected chi connectivity index (χ3v) is 4.09. The third kappa shape index (κ3) is 1.58. The van der Waals surface area contributed by atoms with Crippen LogP contribution in [-0.4, -0.2) is 4.57 Å². The summed E-state index contributed by atoms with van der Waals surface area (Å²) in [6.45, 7) is 4.01. The van der Waals surface area contributed by atoms with Gasteiger partial charge in [0, 0.05) is 23.6 Å². The lowest BCUT2D eigenvalue weighted by Gasteiger charge is -2.22. The largest absolute Gasteiger partial charge is 0.347 e. The molecule has 1 atom stereocenters. The molecule has 0 bridgehead atoms. The molecule has 1 nitrogen and oxygen atoms in total. The van der Waals surface area contributed by atoms with Crippen LogP contribution in [0.5, 0.6) is 0 Å². The van der Waals surface area contributed by atoms with Gasteiger partial charge < -0.3 is 4.57 Å². The summed E-state index contributed by atoms with van der Waals surface area (Å²) in [7, 11) is 2.09. The molecule has 0 fully saturated rings. The van der Waals surface area contributed by atoms with E-state index in [9.17, 15) is 4.39 Å². The van der Waals surface area contributed by atoms with E-state index >= 15 is 0 Å². The second-order valence-corrected chi connectivity index (χ2v) is 5.04. The molecule has 1 aromatic heterocycles. The van der Waals surface area contributed by atoms with Crippen LogP contribution in [0.15, 0.2) is 18.2 Å². The molecule has 0 amide bonds. The lowest BCUT2D eigenvalue weighted by Crippen LogP contribution is -2.14. The number of aryl methyl sites for hydroxylation is 1. The maximum absolute atomic E-state index is 13.4. The smallest absolute Gasteiger partial charge is 0.123 e. The predicted molar refractivity (Wildman–Crippen MR) is 68.4 cm³/mol. The van der Waals surface area contributed by atoms with Crippen molar-refractivity contribution in [2.24, 2.45) is 13.0 Å². The van der Waals surface area contributed by atoms with Gasteiger partial charge in [-0.15, -0.1) is 0 Å². The summed E-state index contributed by atoms with van der Waals surface area (Å²) < 4.78 is 15.6. The highest BCUT2D eigenvalue weighted by molar-refractivity contribution is 5.85. The van der Waals surface area contributed by atoms with Gasteiger partial charge in [-0.05, 0) is 48.9 Å². The molecule has 1 aromatic carbocycles. The zero-order valence-electron chi connectivity index (χ0n) is 10.2. The van der Waals surface area contributed by atoms with Crippen LogP contribution in [0.2, 0.25) is 0 Å². The highest BCUT2D eigenvalue weighted by atomic mass is 19.1. The van der Waals surface area contributed by atoms with Crippen molar-refractivity contribution >= 4 is 10.9 Å². The summed E-state index contributed by atoms with van der Waals surface area (Å²) >= 11 is 0. The van der Waals surface area contributed by atoms with Gasteiger partial charge in [0.1, 0.15) is 5.82 Å². The van der Waals surface area contributed by atoms with Crippen LogP contribution >= 0.6 is 0 Å². The van der Waals surface area contributed by atoms with Gasteiger partial charge in [-0.1, -0.05) is 13.3 Å². The summed E-state index contributed by atoms with van der Waals surface area (Å²) in [5, 5.41) is 1.10. The lowest BCUT2D eigenvalue weighted by molar-refractivity contribution is 0.455. The van der Waals surface area contributed by atoms with Crippen molar-refractivity contribution in [1.29, 1.82) is 0 Å². The normalized spacial score (nSPS) is 19.6. The van der Waals surface area contributed by atoms with Crippen molar-refractivity contribution < 1.29 is 4.39 Å². The van der Waals surface area contributed by atoms with E-state index < -0.39 is 0 Å². The Kier molecular flexibility index (Phi) is 2.46. The molecule has 2 aromatic rings. The summed E-state index contributed by atoms with van der Waals surface area (Å²) in [6, 6.07) is 5.12. The Morgan fingerprint density at radius 2 is 2.29 bits per heavy atom. The van der Waals surface area contributed by atoms with E-state index in [1.807, 2.05) is 6.07 Å². The summed E-state index contributed by atoms with van der Waals surface area (Å²) in [5.41, 5.74) is 3.89. The lowest BCUT2D eigenvalue weighted by atomic mass is 9.85.